The van der Waals surface area contributed by atoms with Crippen molar-refractivity contribution < 1.29 is 4.84 Å². The van der Waals surface area contributed by atoms with Crippen molar-refractivity contribution in [2.24, 2.45) is 5.16 Å². The molecule has 2 nitrogen and oxygen atoms in total. The molecule has 0 amide bonds. The lowest BCUT2D eigenvalue weighted by molar-refractivity contribution is 0.0848. The van der Waals surface area contributed by atoms with E-state index >= 15 is 0 Å². The van der Waals surface area contributed by atoms with Crippen LogP contribution in [0.4, 0.5) is 0 Å². The molecule has 0 bridgehead atoms. The van der Waals surface area contributed by atoms with E-state index in [4.69, 9.17) is 4.84 Å². The van der Waals surface area contributed by atoms with E-state index in [9.17, 15) is 0 Å². The first-order chi connectivity index (χ1) is 6.68. The van der Waals surface area contributed by atoms with Crippen LogP contribution in [0.2, 0.25) is 0 Å². The zero-order valence-electron chi connectivity index (χ0n) is 8.87. The van der Waals surface area contributed by atoms with Gasteiger partial charge in [0.25, 0.3) is 0 Å². The second-order valence-electron chi connectivity index (χ2n) is 3.93. The molecule has 1 aromatic carbocycles. The van der Waals surface area contributed by atoms with Crippen LogP contribution in [-0.4, -0.2) is 5.71 Å². The summed E-state index contributed by atoms with van der Waals surface area (Å²) < 4.78 is 0. The van der Waals surface area contributed by atoms with Crippen molar-refractivity contribution in [3.8, 4) is 0 Å². The van der Waals surface area contributed by atoms with Crippen LogP contribution in [-0.2, 0) is 4.84 Å². The third-order valence-corrected chi connectivity index (χ3v) is 2.68. The molecule has 2 rings (SSSR count). The Bertz CT molecular complexity index is 362. The summed E-state index contributed by atoms with van der Waals surface area (Å²) in [4.78, 5) is 5.40. The largest absolute Gasteiger partial charge is 0.387 e. The van der Waals surface area contributed by atoms with Crippen molar-refractivity contribution >= 4 is 5.71 Å². The van der Waals surface area contributed by atoms with Gasteiger partial charge < -0.3 is 4.84 Å². The van der Waals surface area contributed by atoms with Crippen LogP contribution in [0.3, 0.4) is 0 Å². The Labute approximate surface area is 84.6 Å². The van der Waals surface area contributed by atoms with Crippen molar-refractivity contribution in [1.82, 2.24) is 0 Å². The van der Waals surface area contributed by atoms with E-state index in [-0.39, 0.29) is 6.10 Å². The smallest absolute Gasteiger partial charge is 0.158 e. The Hall–Kier alpha value is -1.31. The van der Waals surface area contributed by atoms with Gasteiger partial charge in [-0.3, -0.25) is 0 Å². The summed E-state index contributed by atoms with van der Waals surface area (Å²) in [6.45, 7) is 6.26. The molecule has 0 saturated heterocycles. The lowest BCUT2D eigenvalue weighted by Gasteiger charge is -2.14. The van der Waals surface area contributed by atoms with Gasteiger partial charge in [-0.2, -0.15) is 0 Å². The first-order valence-electron chi connectivity index (χ1n) is 4.94. The summed E-state index contributed by atoms with van der Waals surface area (Å²) in [7, 11) is 0. The van der Waals surface area contributed by atoms with E-state index < -0.39 is 0 Å². The SMILES string of the molecule is CC1=NO[C@@H](c2c(C)cccc2C)C1. The molecular weight excluding hydrogens is 174 g/mol. The maximum Gasteiger partial charge on any atom is 0.158 e. The molecule has 1 aliphatic rings. The maximum atomic E-state index is 5.40. The van der Waals surface area contributed by atoms with Gasteiger partial charge in [0.1, 0.15) is 0 Å². The Balaban J connectivity index is 2.33. The minimum absolute atomic E-state index is 0.135. The van der Waals surface area contributed by atoms with Gasteiger partial charge in [0.15, 0.2) is 6.10 Å². The lowest BCUT2D eigenvalue weighted by Crippen LogP contribution is -2.02. The second kappa shape index (κ2) is 3.45. The van der Waals surface area contributed by atoms with Crippen molar-refractivity contribution in [3.05, 3.63) is 34.9 Å². The zero-order valence-corrected chi connectivity index (χ0v) is 8.87. The molecule has 1 aliphatic heterocycles. The highest BCUT2D eigenvalue weighted by molar-refractivity contribution is 5.83. The van der Waals surface area contributed by atoms with Crippen LogP contribution in [0.5, 0.6) is 0 Å². The van der Waals surface area contributed by atoms with Gasteiger partial charge >= 0.3 is 0 Å². The number of benzene rings is 1. The number of hydrogen-bond donors (Lipinski definition) is 0. The highest BCUT2D eigenvalue weighted by atomic mass is 16.6. The normalized spacial score (nSPS) is 20.5. The van der Waals surface area contributed by atoms with E-state index in [2.05, 4.69) is 37.2 Å². The van der Waals surface area contributed by atoms with Crippen LogP contribution < -0.4 is 0 Å². The number of aryl methyl sites for hydroxylation is 2. The van der Waals surface area contributed by atoms with Gasteiger partial charge in [-0.05, 0) is 31.9 Å². The predicted molar refractivity (Wildman–Crippen MR) is 57.5 cm³/mol. The molecule has 0 radical (unpaired) electrons. The summed E-state index contributed by atoms with van der Waals surface area (Å²) in [6.07, 6.45) is 1.06. The number of nitrogens with zero attached hydrogens (tertiary/aromatic N) is 1. The standard InChI is InChI=1S/C12H15NO/c1-8-5-4-6-9(2)12(8)11-7-10(3)13-14-11/h4-6,11H,7H2,1-3H3/t11-/m1/s1. The molecule has 1 heterocycles. The van der Waals surface area contributed by atoms with Crippen molar-refractivity contribution in [3.63, 3.8) is 0 Å². The van der Waals surface area contributed by atoms with Crippen LogP contribution in [0, 0.1) is 13.8 Å². The summed E-state index contributed by atoms with van der Waals surface area (Å²) in [5.74, 6) is 0. The fourth-order valence-electron chi connectivity index (χ4n) is 1.99. The molecular formula is C12H15NO. The molecule has 0 spiro atoms. The van der Waals surface area contributed by atoms with E-state index in [1.54, 1.807) is 0 Å². The van der Waals surface area contributed by atoms with E-state index in [0.717, 1.165) is 12.1 Å². The Morgan fingerprint density at radius 1 is 1.21 bits per heavy atom. The molecule has 0 N–H and O–H groups in total. The number of rotatable bonds is 1. The summed E-state index contributed by atoms with van der Waals surface area (Å²) in [5, 5.41) is 3.99. The minimum atomic E-state index is 0.135. The quantitative estimate of drug-likeness (QED) is 0.665. The molecule has 14 heavy (non-hydrogen) atoms. The number of oxime groups is 1. The Morgan fingerprint density at radius 3 is 2.36 bits per heavy atom. The molecule has 0 fully saturated rings. The molecule has 1 atom stereocenters. The maximum absolute atomic E-state index is 5.40. The minimum Gasteiger partial charge on any atom is -0.387 e. The van der Waals surface area contributed by atoms with Crippen molar-refractivity contribution in [1.29, 1.82) is 0 Å². The van der Waals surface area contributed by atoms with Gasteiger partial charge in [-0.25, -0.2) is 0 Å². The third kappa shape index (κ3) is 1.52. The molecule has 0 aliphatic carbocycles. The van der Waals surface area contributed by atoms with Gasteiger partial charge in [0.2, 0.25) is 0 Å². The monoisotopic (exact) mass is 189 g/mol. The van der Waals surface area contributed by atoms with Crippen LogP contribution in [0.1, 0.15) is 36.1 Å². The molecule has 74 valence electrons. The van der Waals surface area contributed by atoms with E-state index in [1.165, 1.54) is 16.7 Å². The molecule has 1 aromatic rings. The molecule has 0 unspecified atom stereocenters. The fourth-order valence-corrected chi connectivity index (χ4v) is 1.99. The predicted octanol–water partition coefficient (Wildman–Crippen LogP) is 3.14. The first-order valence-corrected chi connectivity index (χ1v) is 4.94. The second-order valence-corrected chi connectivity index (χ2v) is 3.93. The average Bonchev–Trinajstić information content (AvgIpc) is 2.51. The fraction of sp³-hybridized carbons (Fsp3) is 0.417. The third-order valence-electron chi connectivity index (χ3n) is 2.68. The van der Waals surface area contributed by atoms with Crippen LogP contribution >= 0.6 is 0 Å². The van der Waals surface area contributed by atoms with Crippen LogP contribution in [0.25, 0.3) is 0 Å². The number of hydrogen-bond acceptors (Lipinski definition) is 2. The van der Waals surface area contributed by atoms with E-state index in [1.807, 2.05) is 6.92 Å². The topological polar surface area (TPSA) is 21.6 Å². The lowest BCUT2D eigenvalue weighted by atomic mass is 9.95. The van der Waals surface area contributed by atoms with Gasteiger partial charge in [0.05, 0.1) is 5.71 Å². The first kappa shape index (κ1) is 9.25. The summed E-state index contributed by atoms with van der Waals surface area (Å²) in [5.41, 5.74) is 4.96. The van der Waals surface area contributed by atoms with Gasteiger partial charge in [0, 0.05) is 12.0 Å². The van der Waals surface area contributed by atoms with Gasteiger partial charge in [-0.15, -0.1) is 0 Å². The molecule has 2 heteroatoms. The zero-order chi connectivity index (χ0) is 10.1. The summed E-state index contributed by atoms with van der Waals surface area (Å²) in [6, 6.07) is 6.33. The molecule has 0 saturated carbocycles. The summed E-state index contributed by atoms with van der Waals surface area (Å²) >= 11 is 0. The van der Waals surface area contributed by atoms with Gasteiger partial charge in [-0.1, -0.05) is 23.4 Å². The average molecular weight is 189 g/mol. The Kier molecular flexibility index (Phi) is 2.28. The highest BCUT2D eigenvalue weighted by Crippen LogP contribution is 2.31. The van der Waals surface area contributed by atoms with Crippen LogP contribution in [0.15, 0.2) is 23.4 Å². The highest BCUT2D eigenvalue weighted by Gasteiger charge is 2.22. The van der Waals surface area contributed by atoms with Crippen molar-refractivity contribution in [2.75, 3.05) is 0 Å². The molecule has 0 aromatic heterocycles. The Morgan fingerprint density at radius 2 is 1.86 bits per heavy atom. The van der Waals surface area contributed by atoms with E-state index in [0.29, 0.717) is 0 Å². The van der Waals surface area contributed by atoms with Crippen molar-refractivity contribution in [2.45, 2.75) is 33.3 Å².